The van der Waals surface area contributed by atoms with Gasteiger partial charge < -0.3 is 9.73 Å². The van der Waals surface area contributed by atoms with E-state index in [0.717, 1.165) is 12.3 Å². The van der Waals surface area contributed by atoms with E-state index in [0.29, 0.717) is 12.1 Å². The Morgan fingerprint density at radius 3 is 3.11 bits per heavy atom. The van der Waals surface area contributed by atoms with Crippen LogP contribution < -0.4 is 5.32 Å². The zero-order valence-electron chi connectivity index (χ0n) is 10.8. The fourth-order valence-corrected chi connectivity index (χ4v) is 3.89. The molecule has 0 unspecified atom stereocenters. The van der Waals surface area contributed by atoms with Gasteiger partial charge in [0.15, 0.2) is 0 Å². The zero-order valence-corrected chi connectivity index (χ0v) is 11.7. The topological polar surface area (TPSA) is 38.1 Å². The molecule has 0 spiro atoms. The van der Waals surface area contributed by atoms with Gasteiger partial charge in [-0.2, -0.15) is 0 Å². The van der Waals surface area contributed by atoms with Crippen LogP contribution >= 0.6 is 11.3 Å². The summed E-state index contributed by atoms with van der Waals surface area (Å²) in [7, 11) is 0. The molecule has 19 heavy (non-hydrogen) atoms. The molecule has 3 nitrogen and oxygen atoms in total. The van der Waals surface area contributed by atoms with E-state index in [-0.39, 0.29) is 0 Å². The lowest BCUT2D eigenvalue weighted by molar-refractivity contribution is 0.356. The van der Waals surface area contributed by atoms with Gasteiger partial charge in [-0.1, -0.05) is 0 Å². The summed E-state index contributed by atoms with van der Waals surface area (Å²) in [4.78, 5) is 4.52. The summed E-state index contributed by atoms with van der Waals surface area (Å²) in [5.41, 5.74) is 1.37. The van der Waals surface area contributed by atoms with Crippen molar-refractivity contribution < 1.29 is 4.42 Å². The van der Waals surface area contributed by atoms with E-state index in [1.54, 1.807) is 11.3 Å². The van der Waals surface area contributed by atoms with Crippen molar-refractivity contribution in [1.29, 1.82) is 0 Å². The van der Waals surface area contributed by atoms with Gasteiger partial charge >= 0.3 is 0 Å². The predicted molar refractivity (Wildman–Crippen MR) is 75.1 cm³/mol. The molecule has 1 fully saturated rings. The minimum Gasteiger partial charge on any atom is -0.469 e. The van der Waals surface area contributed by atoms with Crippen LogP contribution in [-0.2, 0) is 6.42 Å². The molecule has 2 aromatic rings. The molecule has 1 saturated carbocycles. The minimum absolute atomic E-state index is 0.436. The van der Waals surface area contributed by atoms with E-state index >= 15 is 0 Å². The molecule has 2 aliphatic carbocycles. The number of nitrogens with one attached hydrogen (secondary N) is 1. The lowest BCUT2D eigenvalue weighted by Gasteiger charge is -2.27. The molecule has 1 N–H and O–H groups in total. The summed E-state index contributed by atoms with van der Waals surface area (Å²) in [6.07, 6.45) is 9.94. The Morgan fingerprint density at radius 2 is 2.32 bits per heavy atom. The highest BCUT2D eigenvalue weighted by Gasteiger charge is 2.36. The average Bonchev–Trinajstić information content (AvgIpc) is 2.94. The highest BCUT2D eigenvalue weighted by molar-refractivity contribution is 7.09. The molecule has 4 rings (SSSR count). The summed E-state index contributed by atoms with van der Waals surface area (Å²) in [5, 5.41) is 7.18. The summed E-state index contributed by atoms with van der Waals surface area (Å²) in [5.74, 6) is 1.96. The Bertz CT molecular complexity index is 544. The fourth-order valence-electron chi connectivity index (χ4n) is 3.10. The van der Waals surface area contributed by atoms with Crippen molar-refractivity contribution in [3.8, 4) is 0 Å². The Kier molecular flexibility index (Phi) is 2.93. The molecule has 0 saturated heterocycles. The number of nitrogens with zero attached hydrogens (tertiary/aromatic N) is 1. The van der Waals surface area contributed by atoms with Gasteiger partial charge in [-0.15, -0.1) is 11.3 Å². The van der Waals surface area contributed by atoms with E-state index in [1.165, 1.54) is 42.0 Å². The smallest absolute Gasteiger partial charge is 0.110 e. The lowest BCUT2D eigenvalue weighted by Crippen LogP contribution is -2.29. The second kappa shape index (κ2) is 4.76. The summed E-state index contributed by atoms with van der Waals surface area (Å²) < 4.78 is 5.58. The van der Waals surface area contributed by atoms with E-state index in [2.05, 4.69) is 21.7 Å². The first-order valence-electron chi connectivity index (χ1n) is 7.13. The second-order valence-corrected chi connectivity index (χ2v) is 6.52. The number of hydrogen-bond donors (Lipinski definition) is 1. The van der Waals surface area contributed by atoms with Crippen LogP contribution in [-0.4, -0.2) is 4.98 Å². The van der Waals surface area contributed by atoms with Crippen LogP contribution in [0.2, 0.25) is 0 Å². The lowest BCUT2D eigenvalue weighted by atomic mass is 9.92. The maximum atomic E-state index is 5.58. The quantitative estimate of drug-likeness (QED) is 0.920. The third-order valence-electron chi connectivity index (χ3n) is 4.24. The first-order valence-corrected chi connectivity index (χ1v) is 8.01. The molecule has 100 valence electrons. The molecule has 2 heterocycles. The molecule has 0 aromatic carbocycles. The number of aromatic nitrogens is 1. The van der Waals surface area contributed by atoms with Crippen LogP contribution in [0.25, 0.3) is 0 Å². The minimum atomic E-state index is 0.436. The predicted octanol–water partition coefficient (Wildman–Crippen LogP) is 3.85. The molecule has 2 atom stereocenters. The molecule has 0 bridgehead atoms. The van der Waals surface area contributed by atoms with Crippen LogP contribution in [0.5, 0.6) is 0 Å². The van der Waals surface area contributed by atoms with Crippen molar-refractivity contribution in [3.63, 3.8) is 0 Å². The molecular weight excluding hydrogens is 256 g/mol. The van der Waals surface area contributed by atoms with E-state index in [9.17, 15) is 0 Å². The second-order valence-electron chi connectivity index (χ2n) is 5.60. The number of rotatable bonds is 4. The Labute approximate surface area is 117 Å². The SMILES string of the molecule is c1csc([C@H](N[C@H]2CCCc3occc32)C2CC2)n1. The van der Waals surface area contributed by atoms with Gasteiger partial charge in [0.1, 0.15) is 10.8 Å². The summed E-state index contributed by atoms with van der Waals surface area (Å²) in [6, 6.07) is 3.01. The van der Waals surface area contributed by atoms with Crippen molar-refractivity contribution in [2.24, 2.45) is 5.92 Å². The van der Waals surface area contributed by atoms with Gasteiger partial charge in [0, 0.05) is 29.6 Å². The number of hydrogen-bond acceptors (Lipinski definition) is 4. The standard InChI is InChI=1S/C15H18N2OS/c1-2-12(11-6-8-18-13(11)3-1)17-14(10-4-5-10)15-16-7-9-19-15/h6-10,12,14,17H,1-5H2/t12-,14+/m0/s1. The molecule has 0 aliphatic heterocycles. The highest BCUT2D eigenvalue weighted by Crippen LogP contribution is 2.44. The monoisotopic (exact) mass is 274 g/mol. The van der Waals surface area contributed by atoms with Crippen LogP contribution in [0.3, 0.4) is 0 Å². The summed E-state index contributed by atoms with van der Waals surface area (Å²) in [6.45, 7) is 0. The number of aryl methyl sites for hydroxylation is 1. The van der Waals surface area contributed by atoms with Gasteiger partial charge in [0.2, 0.25) is 0 Å². The van der Waals surface area contributed by atoms with E-state index < -0.39 is 0 Å². The average molecular weight is 274 g/mol. The third kappa shape index (κ3) is 2.23. The van der Waals surface area contributed by atoms with Gasteiger partial charge in [-0.25, -0.2) is 4.98 Å². The highest BCUT2D eigenvalue weighted by atomic mass is 32.1. The third-order valence-corrected chi connectivity index (χ3v) is 5.10. The summed E-state index contributed by atoms with van der Waals surface area (Å²) >= 11 is 1.77. The number of furan rings is 1. The Morgan fingerprint density at radius 1 is 1.37 bits per heavy atom. The van der Waals surface area contributed by atoms with Crippen molar-refractivity contribution in [2.75, 3.05) is 0 Å². The zero-order chi connectivity index (χ0) is 12.7. The van der Waals surface area contributed by atoms with Crippen molar-refractivity contribution in [2.45, 2.75) is 44.2 Å². The molecule has 4 heteroatoms. The molecule has 0 amide bonds. The van der Waals surface area contributed by atoms with Crippen LogP contribution in [0.4, 0.5) is 0 Å². The molecule has 0 radical (unpaired) electrons. The van der Waals surface area contributed by atoms with Gasteiger partial charge in [-0.05, 0) is 37.7 Å². The van der Waals surface area contributed by atoms with Crippen LogP contribution in [0.15, 0.2) is 28.3 Å². The normalized spacial score (nSPS) is 24.1. The number of thiazole rings is 1. The number of fused-ring (bicyclic) bond motifs is 1. The van der Waals surface area contributed by atoms with Gasteiger partial charge in [0.05, 0.1) is 12.3 Å². The van der Waals surface area contributed by atoms with E-state index in [4.69, 9.17) is 4.42 Å². The first kappa shape index (κ1) is 11.7. The maximum Gasteiger partial charge on any atom is 0.110 e. The molecular formula is C15H18N2OS. The fraction of sp³-hybridized carbons (Fsp3) is 0.533. The van der Waals surface area contributed by atoms with Crippen molar-refractivity contribution >= 4 is 11.3 Å². The van der Waals surface area contributed by atoms with Crippen LogP contribution in [0, 0.1) is 5.92 Å². The van der Waals surface area contributed by atoms with Gasteiger partial charge in [-0.3, -0.25) is 0 Å². The molecule has 2 aromatic heterocycles. The van der Waals surface area contributed by atoms with Crippen LogP contribution in [0.1, 0.15) is 54.1 Å². The van der Waals surface area contributed by atoms with Crippen molar-refractivity contribution in [1.82, 2.24) is 10.3 Å². The maximum absolute atomic E-state index is 5.58. The van der Waals surface area contributed by atoms with E-state index in [1.807, 2.05) is 12.5 Å². The first-order chi connectivity index (χ1) is 9.42. The Balaban J connectivity index is 1.57. The van der Waals surface area contributed by atoms with Gasteiger partial charge in [0.25, 0.3) is 0 Å². The molecule has 2 aliphatic rings. The Hall–Kier alpha value is -1.13. The largest absolute Gasteiger partial charge is 0.469 e. The van der Waals surface area contributed by atoms with Crippen molar-refractivity contribution in [3.05, 3.63) is 40.2 Å².